The third kappa shape index (κ3) is 2.11. The highest BCUT2D eigenvalue weighted by Crippen LogP contribution is 2.37. The monoisotopic (exact) mass is 271 g/mol. The normalized spacial score (nSPS) is 17.4. The van der Waals surface area contributed by atoms with E-state index < -0.39 is 12.0 Å². The van der Waals surface area contributed by atoms with E-state index in [1.807, 2.05) is 0 Å². The number of nitrogens with one attached hydrogen (secondary N) is 1. The third-order valence-electron chi connectivity index (χ3n) is 3.39. The molecule has 0 unspecified atom stereocenters. The van der Waals surface area contributed by atoms with E-state index in [1.165, 1.54) is 0 Å². The summed E-state index contributed by atoms with van der Waals surface area (Å²) in [5.41, 5.74) is 6.31. The first-order valence-corrected chi connectivity index (χ1v) is 6.05. The summed E-state index contributed by atoms with van der Waals surface area (Å²) < 4.78 is 38.4. The number of rotatable bonds is 1. The van der Waals surface area contributed by atoms with Crippen LogP contribution in [0.3, 0.4) is 0 Å². The molecule has 1 saturated carbocycles. The molecule has 102 valence electrons. The molecule has 0 atom stereocenters. The molecule has 5 nitrogen and oxygen atoms in total. The van der Waals surface area contributed by atoms with E-state index in [-0.39, 0.29) is 17.5 Å². The zero-order valence-electron chi connectivity index (χ0n) is 9.96. The number of nitrogen functional groups attached to an aromatic ring is 1. The zero-order valence-corrected chi connectivity index (χ0v) is 9.96. The van der Waals surface area contributed by atoms with Gasteiger partial charge in [0.25, 0.3) is 0 Å². The van der Waals surface area contributed by atoms with Gasteiger partial charge in [0.2, 0.25) is 5.82 Å². The average molecular weight is 271 g/mol. The first-order chi connectivity index (χ1) is 8.95. The predicted octanol–water partition coefficient (Wildman–Crippen LogP) is 2.61. The van der Waals surface area contributed by atoms with Crippen molar-refractivity contribution >= 4 is 17.1 Å². The lowest BCUT2D eigenvalue weighted by Crippen LogP contribution is -2.14. The smallest absolute Gasteiger partial charge is 0.369 e. The number of aromatic nitrogens is 4. The predicted molar refractivity (Wildman–Crippen MR) is 62.3 cm³/mol. The van der Waals surface area contributed by atoms with Crippen molar-refractivity contribution < 1.29 is 13.2 Å². The second-order valence-corrected chi connectivity index (χ2v) is 4.73. The Hall–Kier alpha value is -1.86. The molecule has 8 heteroatoms. The standard InChI is InChI=1S/C11H12F3N5/c12-11(13,14)9-16-6(5-3-1-2-4-5)7-8(18-9)19-10(15)17-7/h5H,1-4H2,(H3,15,16,17,18,19). The molecule has 0 aliphatic heterocycles. The van der Waals surface area contributed by atoms with Gasteiger partial charge in [-0.3, -0.25) is 0 Å². The van der Waals surface area contributed by atoms with Crippen LogP contribution >= 0.6 is 0 Å². The summed E-state index contributed by atoms with van der Waals surface area (Å²) in [6.45, 7) is 0. The van der Waals surface area contributed by atoms with Crippen LogP contribution in [0, 0.1) is 0 Å². The van der Waals surface area contributed by atoms with Crippen LogP contribution in [-0.2, 0) is 6.18 Å². The largest absolute Gasteiger partial charge is 0.451 e. The molecule has 19 heavy (non-hydrogen) atoms. The number of fused-ring (bicyclic) bond motifs is 1. The lowest BCUT2D eigenvalue weighted by Gasteiger charge is -2.12. The summed E-state index contributed by atoms with van der Waals surface area (Å²) in [6.07, 6.45) is -0.901. The summed E-state index contributed by atoms with van der Waals surface area (Å²) in [6, 6.07) is 0. The van der Waals surface area contributed by atoms with Crippen molar-refractivity contribution in [3.63, 3.8) is 0 Å². The molecule has 3 rings (SSSR count). The van der Waals surface area contributed by atoms with Crippen molar-refractivity contribution in [1.29, 1.82) is 0 Å². The Morgan fingerprint density at radius 3 is 2.42 bits per heavy atom. The van der Waals surface area contributed by atoms with E-state index in [4.69, 9.17) is 5.73 Å². The van der Waals surface area contributed by atoms with Gasteiger partial charge in [0, 0.05) is 5.92 Å². The molecule has 2 aromatic heterocycles. The van der Waals surface area contributed by atoms with Gasteiger partial charge >= 0.3 is 6.18 Å². The van der Waals surface area contributed by atoms with E-state index in [0.717, 1.165) is 25.7 Å². The van der Waals surface area contributed by atoms with Crippen molar-refractivity contribution in [3.8, 4) is 0 Å². The van der Waals surface area contributed by atoms with E-state index in [2.05, 4.69) is 19.9 Å². The van der Waals surface area contributed by atoms with Crippen LogP contribution in [0.1, 0.15) is 43.1 Å². The van der Waals surface area contributed by atoms with Crippen LogP contribution in [0.2, 0.25) is 0 Å². The SMILES string of the molecule is Nc1nc2nc(C(F)(F)F)nc(C3CCCC3)c2[nH]1. The fourth-order valence-corrected chi connectivity index (χ4v) is 2.56. The van der Waals surface area contributed by atoms with Crippen molar-refractivity contribution in [1.82, 2.24) is 19.9 Å². The maximum absolute atomic E-state index is 12.8. The number of alkyl halides is 3. The Kier molecular flexibility index (Phi) is 2.61. The maximum atomic E-state index is 12.8. The number of anilines is 1. The Morgan fingerprint density at radius 1 is 1.11 bits per heavy atom. The third-order valence-corrected chi connectivity index (χ3v) is 3.39. The molecule has 0 bridgehead atoms. The Labute approximate surface area is 106 Å². The molecular weight excluding hydrogens is 259 g/mol. The quantitative estimate of drug-likeness (QED) is 0.835. The minimum absolute atomic E-state index is 0.0123. The lowest BCUT2D eigenvalue weighted by molar-refractivity contribution is -0.144. The molecule has 0 radical (unpaired) electrons. The molecule has 0 spiro atoms. The lowest BCUT2D eigenvalue weighted by atomic mass is 10.0. The molecule has 1 fully saturated rings. The summed E-state index contributed by atoms with van der Waals surface area (Å²) in [5.74, 6) is -1.07. The van der Waals surface area contributed by atoms with Crippen LogP contribution in [0.15, 0.2) is 0 Å². The second-order valence-electron chi connectivity index (χ2n) is 4.73. The molecule has 3 N–H and O–H groups in total. The van der Waals surface area contributed by atoms with Gasteiger partial charge in [-0.2, -0.15) is 18.2 Å². The van der Waals surface area contributed by atoms with Crippen molar-refractivity contribution in [3.05, 3.63) is 11.5 Å². The number of hydrogen-bond donors (Lipinski definition) is 2. The fourth-order valence-electron chi connectivity index (χ4n) is 2.56. The van der Waals surface area contributed by atoms with Gasteiger partial charge in [-0.1, -0.05) is 12.8 Å². The number of aromatic amines is 1. The number of imidazole rings is 1. The summed E-state index contributed by atoms with van der Waals surface area (Å²) >= 11 is 0. The molecule has 0 saturated heterocycles. The molecule has 2 heterocycles. The Bertz CT molecular complexity index is 613. The minimum atomic E-state index is -4.57. The van der Waals surface area contributed by atoms with Crippen molar-refractivity contribution in [2.75, 3.05) is 5.73 Å². The summed E-state index contributed by atoms with van der Waals surface area (Å²) in [5, 5.41) is 0. The van der Waals surface area contributed by atoms with Crippen LogP contribution in [0.25, 0.3) is 11.2 Å². The van der Waals surface area contributed by atoms with Gasteiger partial charge in [0.05, 0.1) is 5.69 Å². The number of nitrogens with zero attached hydrogens (tertiary/aromatic N) is 3. The number of nitrogens with two attached hydrogens (primary N) is 1. The summed E-state index contributed by atoms with van der Waals surface area (Å²) in [7, 11) is 0. The van der Waals surface area contributed by atoms with Gasteiger partial charge in [-0.15, -0.1) is 0 Å². The molecular formula is C11H12F3N5. The maximum Gasteiger partial charge on any atom is 0.451 e. The topological polar surface area (TPSA) is 80.5 Å². The number of halogens is 3. The molecule has 1 aliphatic rings. The minimum Gasteiger partial charge on any atom is -0.369 e. The average Bonchev–Trinajstić information content (AvgIpc) is 2.92. The molecule has 0 aromatic carbocycles. The van der Waals surface area contributed by atoms with E-state index in [1.54, 1.807) is 0 Å². The van der Waals surface area contributed by atoms with Gasteiger partial charge < -0.3 is 10.7 Å². The Morgan fingerprint density at radius 2 is 1.79 bits per heavy atom. The van der Waals surface area contributed by atoms with Gasteiger partial charge in [-0.05, 0) is 12.8 Å². The van der Waals surface area contributed by atoms with Crippen LogP contribution in [0.4, 0.5) is 19.1 Å². The highest BCUT2D eigenvalue weighted by Gasteiger charge is 2.37. The van der Waals surface area contributed by atoms with Gasteiger partial charge in [0.15, 0.2) is 11.6 Å². The Balaban J connectivity index is 2.21. The second kappa shape index (κ2) is 4.07. The molecule has 2 aromatic rings. The fraction of sp³-hybridized carbons (Fsp3) is 0.545. The van der Waals surface area contributed by atoms with Gasteiger partial charge in [-0.25, -0.2) is 9.97 Å². The first kappa shape index (κ1) is 12.2. The first-order valence-electron chi connectivity index (χ1n) is 6.05. The van der Waals surface area contributed by atoms with E-state index in [0.29, 0.717) is 11.2 Å². The molecule has 0 amide bonds. The van der Waals surface area contributed by atoms with Crippen LogP contribution in [-0.4, -0.2) is 19.9 Å². The van der Waals surface area contributed by atoms with Crippen molar-refractivity contribution in [2.24, 2.45) is 0 Å². The highest BCUT2D eigenvalue weighted by molar-refractivity contribution is 5.76. The van der Waals surface area contributed by atoms with Crippen LogP contribution < -0.4 is 5.73 Å². The number of H-pyrrole nitrogens is 1. The highest BCUT2D eigenvalue weighted by atomic mass is 19.4. The zero-order chi connectivity index (χ0) is 13.6. The van der Waals surface area contributed by atoms with E-state index in [9.17, 15) is 13.2 Å². The van der Waals surface area contributed by atoms with Gasteiger partial charge in [0.1, 0.15) is 5.52 Å². The number of hydrogen-bond acceptors (Lipinski definition) is 4. The van der Waals surface area contributed by atoms with Crippen LogP contribution in [0.5, 0.6) is 0 Å². The molecule has 1 aliphatic carbocycles. The van der Waals surface area contributed by atoms with E-state index >= 15 is 0 Å². The summed E-state index contributed by atoms with van der Waals surface area (Å²) in [4.78, 5) is 13.7. The van der Waals surface area contributed by atoms with Crippen molar-refractivity contribution in [2.45, 2.75) is 37.8 Å².